The van der Waals surface area contributed by atoms with Crippen LogP contribution in [0.1, 0.15) is 12.0 Å². The maximum Gasteiger partial charge on any atom is 0.290 e. The van der Waals surface area contributed by atoms with Crippen LogP contribution in [-0.4, -0.2) is 36.8 Å². The predicted octanol–water partition coefficient (Wildman–Crippen LogP) is 1.04. The van der Waals surface area contributed by atoms with E-state index in [9.17, 15) is 9.59 Å². The summed E-state index contributed by atoms with van der Waals surface area (Å²) in [6.07, 6.45) is 1.13. The second kappa shape index (κ2) is 4.99. The van der Waals surface area contributed by atoms with Crippen molar-refractivity contribution in [2.75, 3.05) is 20.2 Å². The molecule has 0 radical (unpaired) electrons. The number of carbonyl (C=O) groups excluding carboxylic acids is 2. The van der Waals surface area contributed by atoms with Crippen LogP contribution in [0.15, 0.2) is 24.3 Å². The van der Waals surface area contributed by atoms with Gasteiger partial charge in [0.2, 0.25) is 5.78 Å². The summed E-state index contributed by atoms with van der Waals surface area (Å²) in [4.78, 5) is 24.1. The number of carbonyl (C=O) groups is 2. The molecule has 1 aliphatic rings. The first-order valence-electron chi connectivity index (χ1n) is 5.66. The molecule has 0 atom stereocenters. The summed E-state index contributed by atoms with van der Waals surface area (Å²) in [5.41, 5.74) is 1.14. The highest BCUT2D eigenvalue weighted by atomic mass is 16.5. The Hall–Kier alpha value is -1.84. The Kier molecular flexibility index (Phi) is 3.42. The summed E-state index contributed by atoms with van der Waals surface area (Å²) >= 11 is 0. The fraction of sp³-hybridized carbons (Fsp3) is 0.385. The van der Waals surface area contributed by atoms with Crippen LogP contribution >= 0.6 is 0 Å². The standard InChI is InChI=1S/C13H15NO3/c1-17-11-4-2-10(3-5-11)6-8-14-9-7-12(15)13(14)16/h2-5H,6-9H2,1H3. The van der Waals surface area contributed by atoms with Crippen molar-refractivity contribution in [1.82, 2.24) is 4.90 Å². The smallest absolute Gasteiger partial charge is 0.290 e. The van der Waals surface area contributed by atoms with Gasteiger partial charge in [0.1, 0.15) is 5.75 Å². The van der Waals surface area contributed by atoms with Gasteiger partial charge in [-0.3, -0.25) is 9.59 Å². The van der Waals surface area contributed by atoms with E-state index in [-0.39, 0.29) is 11.7 Å². The summed E-state index contributed by atoms with van der Waals surface area (Å²) in [5.74, 6) is 0.222. The molecule has 1 aromatic carbocycles. The Morgan fingerprint density at radius 1 is 1.24 bits per heavy atom. The fourth-order valence-corrected chi connectivity index (χ4v) is 1.89. The number of benzene rings is 1. The highest BCUT2D eigenvalue weighted by molar-refractivity contribution is 6.37. The largest absolute Gasteiger partial charge is 0.497 e. The van der Waals surface area contributed by atoms with Gasteiger partial charge in [-0.1, -0.05) is 12.1 Å². The van der Waals surface area contributed by atoms with E-state index in [1.807, 2.05) is 24.3 Å². The molecule has 0 saturated carbocycles. The average Bonchev–Trinajstić information content (AvgIpc) is 2.68. The molecule has 1 aliphatic heterocycles. The normalized spacial score (nSPS) is 15.5. The number of ether oxygens (including phenoxy) is 1. The van der Waals surface area contributed by atoms with Crippen LogP contribution in [0, 0.1) is 0 Å². The number of hydrogen-bond acceptors (Lipinski definition) is 3. The monoisotopic (exact) mass is 233 g/mol. The van der Waals surface area contributed by atoms with Gasteiger partial charge in [-0.2, -0.15) is 0 Å². The zero-order valence-electron chi connectivity index (χ0n) is 9.81. The van der Waals surface area contributed by atoms with Crippen LogP contribution in [0.25, 0.3) is 0 Å². The Morgan fingerprint density at radius 2 is 1.94 bits per heavy atom. The number of methoxy groups -OCH3 is 1. The number of ketones is 1. The lowest BCUT2D eigenvalue weighted by molar-refractivity contribution is -0.139. The number of amides is 1. The molecule has 1 aromatic rings. The van der Waals surface area contributed by atoms with E-state index in [4.69, 9.17) is 4.74 Å². The van der Waals surface area contributed by atoms with Crippen molar-refractivity contribution < 1.29 is 14.3 Å². The zero-order valence-corrected chi connectivity index (χ0v) is 9.81. The van der Waals surface area contributed by atoms with E-state index in [1.165, 1.54) is 0 Å². The van der Waals surface area contributed by atoms with Crippen molar-refractivity contribution in [2.24, 2.45) is 0 Å². The molecule has 1 amide bonds. The summed E-state index contributed by atoms with van der Waals surface area (Å²) in [6.45, 7) is 1.17. The first-order chi connectivity index (χ1) is 8.20. The maximum absolute atomic E-state index is 11.4. The van der Waals surface area contributed by atoms with Crippen LogP contribution in [-0.2, 0) is 16.0 Å². The van der Waals surface area contributed by atoms with Crippen molar-refractivity contribution >= 4 is 11.7 Å². The minimum absolute atomic E-state index is 0.264. The minimum Gasteiger partial charge on any atom is -0.497 e. The third-order valence-corrected chi connectivity index (χ3v) is 2.96. The molecular formula is C13H15NO3. The highest BCUT2D eigenvalue weighted by Gasteiger charge is 2.28. The second-order valence-corrected chi connectivity index (χ2v) is 4.06. The van der Waals surface area contributed by atoms with Gasteiger partial charge in [-0.25, -0.2) is 0 Å². The molecule has 1 saturated heterocycles. The van der Waals surface area contributed by atoms with Crippen LogP contribution in [0.2, 0.25) is 0 Å². The number of nitrogens with zero attached hydrogens (tertiary/aromatic N) is 1. The van der Waals surface area contributed by atoms with Crippen molar-refractivity contribution in [3.8, 4) is 5.75 Å². The number of likely N-dealkylation sites (tertiary alicyclic amines) is 1. The quantitative estimate of drug-likeness (QED) is 0.730. The average molecular weight is 233 g/mol. The van der Waals surface area contributed by atoms with Crippen molar-refractivity contribution in [1.29, 1.82) is 0 Å². The lowest BCUT2D eigenvalue weighted by Gasteiger charge is -2.14. The Bertz CT molecular complexity index is 425. The molecule has 4 nitrogen and oxygen atoms in total. The summed E-state index contributed by atoms with van der Waals surface area (Å²) in [6, 6.07) is 7.74. The van der Waals surface area contributed by atoms with Gasteiger partial charge in [0, 0.05) is 19.5 Å². The Balaban J connectivity index is 1.89. The van der Waals surface area contributed by atoms with Gasteiger partial charge in [0.05, 0.1) is 7.11 Å². The molecule has 1 fully saturated rings. The number of hydrogen-bond donors (Lipinski definition) is 0. The van der Waals surface area contributed by atoms with E-state index in [0.29, 0.717) is 19.5 Å². The van der Waals surface area contributed by atoms with Gasteiger partial charge >= 0.3 is 0 Å². The molecule has 17 heavy (non-hydrogen) atoms. The van der Waals surface area contributed by atoms with Gasteiger partial charge in [-0.15, -0.1) is 0 Å². The summed E-state index contributed by atoms with van der Waals surface area (Å²) in [5, 5.41) is 0. The second-order valence-electron chi connectivity index (χ2n) is 4.06. The van der Waals surface area contributed by atoms with Gasteiger partial charge in [0.15, 0.2) is 0 Å². The Labute approximate surface area is 100 Å². The van der Waals surface area contributed by atoms with Crippen molar-refractivity contribution in [2.45, 2.75) is 12.8 Å². The molecule has 2 rings (SSSR count). The number of Topliss-reactive ketones (excluding diaryl/α,β-unsaturated/α-hetero) is 1. The zero-order chi connectivity index (χ0) is 12.3. The molecule has 1 heterocycles. The first-order valence-corrected chi connectivity index (χ1v) is 5.66. The maximum atomic E-state index is 11.4. The lowest BCUT2D eigenvalue weighted by atomic mass is 10.1. The van der Waals surface area contributed by atoms with Crippen LogP contribution in [0.5, 0.6) is 5.75 Å². The van der Waals surface area contributed by atoms with E-state index in [2.05, 4.69) is 0 Å². The molecule has 0 unspecified atom stereocenters. The highest BCUT2D eigenvalue weighted by Crippen LogP contribution is 2.13. The molecule has 0 spiro atoms. The topological polar surface area (TPSA) is 46.6 Å². The SMILES string of the molecule is COc1ccc(CCN2CCC(=O)C2=O)cc1. The minimum atomic E-state index is -0.335. The van der Waals surface area contributed by atoms with E-state index < -0.39 is 0 Å². The third kappa shape index (κ3) is 2.64. The molecule has 4 heteroatoms. The molecular weight excluding hydrogens is 218 g/mol. The summed E-state index contributed by atoms with van der Waals surface area (Å²) in [7, 11) is 1.63. The van der Waals surface area contributed by atoms with E-state index in [0.717, 1.165) is 17.7 Å². The van der Waals surface area contributed by atoms with Crippen LogP contribution in [0.3, 0.4) is 0 Å². The van der Waals surface area contributed by atoms with Gasteiger partial charge < -0.3 is 9.64 Å². The van der Waals surface area contributed by atoms with Crippen LogP contribution in [0.4, 0.5) is 0 Å². The molecule has 0 N–H and O–H groups in total. The fourth-order valence-electron chi connectivity index (χ4n) is 1.89. The first kappa shape index (κ1) is 11.6. The molecule has 0 aliphatic carbocycles. The summed E-state index contributed by atoms with van der Waals surface area (Å²) < 4.78 is 5.07. The third-order valence-electron chi connectivity index (χ3n) is 2.96. The predicted molar refractivity (Wildman–Crippen MR) is 62.9 cm³/mol. The van der Waals surface area contributed by atoms with Crippen LogP contribution < -0.4 is 4.74 Å². The van der Waals surface area contributed by atoms with Crippen molar-refractivity contribution in [3.05, 3.63) is 29.8 Å². The van der Waals surface area contributed by atoms with Crippen molar-refractivity contribution in [3.63, 3.8) is 0 Å². The molecule has 90 valence electrons. The van der Waals surface area contributed by atoms with Gasteiger partial charge in [0.25, 0.3) is 5.91 Å². The van der Waals surface area contributed by atoms with Gasteiger partial charge in [-0.05, 0) is 24.1 Å². The van der Waals surface area contributed by atoms with E-state index >= 15 is 0 Å². The molecule has 0 bridgehead atoms. The Morgan fingerprint density at radius 3 is 2.47 bits per heavy atom. The number of rotatable bonds is 4. The van der Waals surface area contributed by atoms with E-state index in [1.54, 1.807) is 12.0 Å². The molecule has 0 aromatic heterocycles. The lowest BCUT2D eigenvalue weighted by Crippen LogP contribution is -2.29.